The van der Waals surface area contributed by atoms with E-state index in [1.165, 1.54) is 9.80 Å². The molecule has 0 spiro atoms. The molecule has 0 aromatic heterocycles. The molecular weight excluding hydrogens is 552 g/mol. The number of amides is 4. The van der Waals surface area contributed by atoms with Crippen molar-refractivity contribution in [2.45, 2.75) is 45.4 Å². The van der Waals surface area contributed by atoms with E-state index in [0.29, 0.717) is 17.9 Å². The van der Waals surface area contributed by atoms with Gasteiger partial charge in [-0.3, -0.25) is 28.9 Å². The Balaban J connectivity index is 1.47. The number of ether oxygens (including phenoxy) is 1. The number of anilines is 1. The van der Waals surface area contributed by atoms with Crippen molar-refractivity contribution in [3.63, 3.8) is 0 Å². The van der Waals surface area contributed by atoms with Gasteiger partial charge in [-0.2, -0.15) is 0 Å². The first-order valence-corrected chi connectivity index (χ1v) is 14.8. The molecular formula is C33H34N2O8. The number of phenolic OH excluding ortho intramolecular Hbond substituents is 1. The normalized spacial score (nSPS) is 29.7. The van der Waals surface area contributed by atoms with E-state index in [2.05, 4.69) is 0 Å². The number of hydrogen-bond donors (Lipinski definition) is 2. The van der Waals surface area contributed by atoms with Gasteiger partial charge in [0, 0.05) is 24.4 Å². The van der Waals surface area contributed by atoms with Crippen LogP contribution in [0.15, 0.2) is 60.2 Å². The fourth-order valence-corrected chi connectivity index (χ4v) is 7.90. The minimum Gasteiger partial charge on any atom is -0.504 e. The average Bonchev–Trinajstić information content (AvgIpc) is 3.34. The molecule has 3 fully saturated rings. The fraction of sp³-hybridized carbons (Fsp3) is 0.424. The highest BCUT2D eigenvalue weighted by Crippen LogP contribution is 2.64. The van der Waals surface area contributed by atoms with Gasteiger partial charge >= 0.3 is 5.97 Å². The number of likely N-dealkylation sites (tertiary alicyclic amines) is 1. The van der Waals surface area contributed by atoms with Gasteiger partial charge in [0.25, 0.3) is 0 Å². The van der Waals surface area contributed by atoms with Crippen molar-refractivity contribution < 1.29 is 38.9 Å². The molecule has 4 amide bonds. The summed E-state index contributed by atoms with van der Waals surface area (Å²) in [6, 6.07) is 13.8. The first-order valence-electron chi connectivity index (χ1n) is 14.8. The van der Waals surface area contributed by atoms with Crippen molar-refractivity contribution in [2.24, 2.45) is 29.1 Å². The van der Waals surface area contributed by atoms with E-state index < -0.39 is 41.0 Å². The highest BCUT2D eigenvalue weighted by Gasteiger charge is 2.67. The lowest BCUT2D eigenvalue weighted by molar-refractivity contribution is -0.142. The van der Waals surface area contributed by atoms with E-state index >= 15 is 0 Å². The molecule has 10 heteroatoms. The van der Waals surface area contributed by atoms with Gasteiger partial charge in [0.05, 0.1) is 35.5 Å². The van der Waals surface area contributed by atoms with Crippen LogP contribution in [0.2, 0.25) is 0 Å². The van der Waals surface area contributed by atoms with Crippen LogP contribution in [0.4, 0.5) is 5.69 Å². The predicted octanol–water partition coefficient (Wildman–Crippen LogP) is 3.89. The van der Waals surface area contributed by atoms with Crippen LogP contribution in [-0.4, -0.2) is 57.9 Å². The third kappa shape index (κ3) is 4.25. The number of rotatable bonds is 8. The number of carbonyl (C=O) groups is 5. The van der Waals surface area contributed by atoms with E-state index in [1.54, 1.807) is 62.4 Å². The smallest absolute Gasteiger partial charge is 0.303 e. The zero-order valence-corrected chi connectivity index (χ0v) is 24.1. The largest absolute Gasteiger partial charge is 0.504 e. The lowest BCUT2D eigenvalue weighted by atomic mass is 9.51. The number of carbonyl (C=O) groups excluding carboxylic acids is 4. The minimum atomic E-state index is -1.28. The predicted molar refractivity (Wildman–Crippen MR) is 154 cm³/mol. The Morgan fingerprint density at radius 2 is 1.74 bits per heavy atom. The molecule has 10 nitrogen and oxygen atoms in total. The van der Waals surface area contributed by atoms with Gasteiger partial charge in [0.1, 0.15) is 0 Å². The molecule has 224 valence electrons. The lowest BCUT2D eigenvalue weighted by Gasteiger charge is -2.49. The monoisotopic (exact) mass is 586 g/mol. The average molecular weight is 587 g/mol. The van der Waals surface area contributed by atoms with E-state index in [-0.39, 0.29) is 67.4 Å². The number of aromatic hydroxyl groups is 1. The Morgan fingerprint density at radius 1 is 1.00 bits per heavy atom. The van der Waals surface area contributed by atoms with Crippen molar-refractivity contribution >= 4 is 35.3 Å². The quantitative estimate of drug-likeness (QED) is 0.351. The molecule has 43 heavy (non-hydrogen) atoms. The zero-order valence-electron chi connectivity index (χ0n) is 24.1. The van der Waals surface area contributed by atoms with Crippen LogP contribution in [0.1, 0.15) is 51.0 Å². The number of benzene rings is 2. The third-order valence-electron chi connectivity index (χ3n) is 9.79. The first kappa shape index (κ1) is 28.6. The number of imide groups is 2. The highest BCUT2D eigenvalue weighted by atomic mass is 16.5. The van der Waals surface area contributed by atoms with Crippen LogP contribution in [0.25, 0.3) is 0 Å². The summed E-state index contributed by atoms with van der Waals surface area (Å²) in [6.07, 6.45) is 2.37. The number of fused-ring (bicyclic) bond motifs is 4. The maximum Gasteiger partial charge on any atom is 0.303 e. The molecule has 2 aromatic carbocycles. The van der Waals surface area contributed by atoms with Gasteiger partial charge in [-0.05, 0) is 57.2 Å². The maximum atomic E-state index is 14.4. The Kier molecular flexibility index (Phi) is 7.10. The summed E-state index contributed by atoms with van der Waals surface area (Å²) in [4.78, 5) is 69.3. The van der Waals surface area contributed by atoms with Gasteiger partial charge < -0.3 is 14.9 Å². The molecule has 6 atom stereocenters. The molecule has 4 aliphatic rings. The van der Waals surface area contributed by atoms with Crippen LogP contribution in [0.3, 0.4) is 0 Å². The molecule has 2 saturated heterocycles. The molecule has 2 aliphatic heterocycles. The van der Waals surface area contributed by atoms with Crippen molar-refractivity contribution in [3.8, 4) is 11.5 Å². The fourth-order valence-electron chi connectivity index (χ4n) is 7.90. The number of para-hydroxylation sites is 2. The Labute approximate surface area is 248 Å². The van der Waals surface area contributed by atoms with Gasteiger partial charge in [0.15, 0.2) is 11.5 Å². The topological polar surface area (TPSA) is 142 Å². The summed E-state index contributed by atoms with van der Waals surface area (Å²) >= 11 is 0. The van der Waals surface area contributed by atoms with E-state index in [9.17, 15) is 29.1 Å². The molecule has 2 N–H and O–H groups in total. The van der Waals surface area contributed by atoms with Crippen LogP contribution >= 0.6 is 0 Å². The third-order valence-corrected chi connectivity index (χ3v) is 9.79. The molecule has 1 saturated carbocycles. The molecule has 2 aromatic rings. The Hall–Kier alpha value is -4.47. The summed E-state index contributed by atoms with van der Waals surface area (Å²) in [5, 5.41) is 20.5. The number of nitrogens with zero attached hydrogens (tertiary/aromatic N) is 2. The number of aliphatic carboxylic acids is 1. The summed E-state index contributed by atoms with van der Waals surface area (Å²) in [6.45, 7) is 3.89. The number of hydrogen-bond acceptors (Lipinski definition) is 7. The van der Waals surface area contributed by atoms with E-state index in [4.69, 9.17) is 9.84 Å². The number of carboxylic acids is 1. The second-order valence-electron chi connectivity index (χ2n) is 11.9. The van der Waals surface area contributed by atoms with Crippen molar-refractivity contribution in [1.29, 1.82) is 0 Å². The van der Waals surface area contributed by atoms with Crippen molar-refractivity contribution in [1.82, 2.24) is 4.90 Å². The molecule has 2 heterocycles. The molecule has 6 rings (SSSR count). The van der Waals surface area contributed by atoms with Crippen LogP contribution in [0.5, 0.6) is 11.5 Å². The molecule has 6 unspecified atom stereocenters. The Bertz CT molecular complexity index is 1550. The molecule has 2 aliphatic carbocycles. The van der Waals surface area contributed by atoms with Crippen LogP contribution < -0.4 is 9.64 Å². The maximum absolute atomic E-state index is 14.4. The van der Waals surface area contributed by atoms with Gasteiger partial charge in [-0.1, -0.05) is 42.0 Å². The van der Waals surface area contributed by atoms with E-state index in [1.807, 2.05) is 6.08 Å². The SMILES string of the molecule is CCOc1cccc(C2C3=CCC4C(=O)N(CCCC(=O)O)C(=O)C4C3CC3C(=O)N(c4ccccc4)C(=O)C32C)c1O. The summed E-state index contributed by atoms with van der Waals surface area (Å²) in [7, 11) is 0. The number of carboxylic acid groups (broad SMARTS) is 1. The van der Waals surface area contributed by atoms with Crippen LogP contribution in [-0.2, 0) is 24.0 Å². The Morgan fingerprint density at radius 3 is 2.44 bits per heavy atom. The first-order chi connectivity index (χ1) is 20.6. The van der Waals surface area contributed by atoms with Crippen molar-refractivity contribution in [2.75, 3.05) is 18.1 Å². The highest BCUT2D eigenvalue weighted by molar-refractivity contribution is 6.24. The van der Waals surface area contributed by atoms with Gasteiger partial charge in [-0.25, -0.2) is 4.90 Å². The lowest BCUT2D eigenvalue weighted by Crippen LogP contribution is -2.48. The number of phenols is 1. The van der Waals surface area contributed by atoms with Crippen LogP contribution in [0, 0.1) is 29.1 Å². The standard InChI is InChI=1S/C33H34N2O8/c1-3-43-24-12-7-11-21(28(24)38)27-19-14-15-20-26(31(41)34(29(20)39)16-8-13-25(36)37)22(19)17-23-30(40)35(32(42)33(23,27)2)18-9-5-4-6-10-18/h4-7,9-12,14,20,22-23,26-27,38H,3,8,13,15-17H2,1-2H3,(H,36,37). The molecule has 0 bridgehead atoms. The second kappa shape index (κ2) is 10.7. The minimum absolute atomic E-state index is 0.0139. The summed E-state index contributed by atoms with van der Waals surface area (Å²) in [5.74, 6) is -5.80. The number of allylic oxidation sites excluding steroid dienone is 2. The van der Waals surface area contributed by atoms with Crippen molar-refractivity contribution in [3.05, 3.63) is 65.7 Å². The summed E-state index contributed by atoms with van der Waals surface area (Å²) in [5.41, 5.74) is 0.357. The van der Waals surface area contributed by atoms with E-state index in [0.717, 1.165) is 5.57 Å². The van der Waals surface area contributed by atoms with Gasteiger partial charge in [0.2, 0.25) is 23.6 Å². The second-order valence-corrected chi connectivity index (χ2v) is 11.9. The van der Waals surface area contributed by atoms with Gasteiger partial charge in [-0.15, -0.1) is 0 Å². The molecule has 0 radical (unpaired) electrons. The zero-order chi connectivity index (χ0) is 30.6. The summed E-state index contributed by atoms with van der Waals surface area (Å²) < 4.78 is 5.68.